The number of pyridine rings is 1. The maximum atomic E-state index is 12.4. The molecule has 114 valence electrons. The molecule has 21 heavy (non-hydrogen) atoms. The molecule has 3 amide bonds. The molecule has 0 fully saturated rings. The van der Waals surface area contributed by atoms with E-state index in [-0.39, 0.29) is 24.5 Å². The average Bonchev–Trinajstić information content (AvgIpc) is 2.49. The van der Waals surface area contributed by atoms with E-state index in [4.69, 9.17) is 0 Å². The van der Waals surface area contributed by atoms with Crippen LogP contribution in [0.2, 0.25) is 0 Å². The van der Waals surface area contributed by atoms with Crippen LogP contribution in [0.3, 0.4) is 0 Å². The molecule has 0 radical (unpaired) electrons. The Morgan fingerprint density at radius 1 is 1.38 bits per heavy atom. The second kappa shape index (κ2) is 5.99. The van der Waals surface area contributed by atoms with E-state index in [0.717, 1.165) is 6.42 Å². The third kappa shape index (κ3) is 2.91. The van der Waals surface area contributed by atoms with Gasteiger partial charge in [-0.25, -0.2) is 14.8 Å². The number of hydrazine groups is 1. The van der Waals surface area contributed by atoms with Gasteiger partial charge in [0.05, 0.1) is 5.69 Å². The van der Waals surface area contributed by atoms with Crippen LogP contribution in [0.1, 0.15) is 20.3 Å². The lowest BCUT2D eigenvalue weighted by Crippen LogP contribution is -2.56. The van der Waals surface area contributed by atoms with E-state index in [9.17, 15) is 9.59 Å². The van der Waals surface area contributed by atoms with Gasteiger partial charge in [0, 0.05) is 26.3 Å². The minimum atomic E-state index is -0.252. The predicted molar refractivity (Wildman–Crippen MR) is 81.0 cm³/mol. The first-order valence-electron chi connectivity index (χ1n) is 6.99. The number of hydrogen-bond donors (Lipinski definition) is 1. The van der Waals surface area contributed by atoms with Crippen molar-refractivity contribution in [3.8, 4) is 0 Å². The Balaban J connectivity index is 2.24. The van der Waals surface area contributed by atoms with Crippen molar-refractivity contribution in [2.24, 2.45) is 0 Å². The normalized spacial score (nSPS) is 15.8. The molecule has 1 aromatic rings. The minimum absolute atomic E-state index is 0.0138. The maximum absolute atomic E-state index is 12.4. The molecular weight excluding hydrogens is 270 g/mol. The summed E-state index contributed by atoms with van der Waals surface area (Å²) in [6, 6.07) is 3.38. The van der Waals surface area contributed by atoms with Gasteiger partial charge in [-0.15, -0.1) is 0 Å². The van der Waals surface area contributed by atoms with Gasteiger partial charge >= 0.3 is 6.03 Å². The number of amides is 3. The fraction of sp³-hybridized carbons (Fsp3) is 0.500. The number of carbonyl (C=O) groups excluding carboxylic acids is 2. The summed E-state index contributed by atoms with van der Waals surface area (Å²) < 4.78 is 0. The molecule has 0 aliphatic carbocycles. The monoisotopic (exact) mass is 291 g/mol. The van der Waals surface area contributed by atoms with Gasteiger partial charge in [0.1, 0.15) is 6.54 Å². The predicted octanol–water partition coefficient (Wildman–Crippen LogP) is 1.22. The summed E-state index contributed by atoms with van der Waals surface area (Å²) in [7, 11) is 3.42. The van der Waals surface area contributed by atoms with Crippen molar-refractivity contribution in [1.82, 2.24) is 15.3 Å². The van der Waals surface area contributed by atoms with Crippen molar-refractivity contribution in [3.63, 3.8) is 0 Å². The molecule has 0 aromatic carbocycles. The van der Waals surface area contributed by atoms with Crippen molar-refractivity contribution >= 4 is 23.4 Å². The summed E-state index contributed by atoms with van der Waals surface area (Å²) in [5, 5.41) is 5.97. The lowest BCUT2D eigenvalue weighted by atomic mass is 10.2. The highest BCUT2D eigenvalue weighted by Crippen LogP contribution is 2.31. The van der Waals surface area contributed by atoms with Crippen molar-refractivity contribution < 1.29 is 9.59 Å². The molecule has 1 N–H and O–H groups in total. The third-order valence-corrected chi connectivity index (χ3v) is 3.64. The van der Waals surface area contributed by atoms with Gasteiger partial charge in [0.2, 0.25) is 5.91 Å². The number of nitrogens with zero attached hydrogens (tertiary/aromatic N) is 4. The summed E-state index contributed by atoms with van der Waals surface area (Å²) >= 11 is 0. The van der Waals surface area contributed by atoms with Gasteiger partial charge in [-0.2, -0.15) is 0 Å². The Bertz CT molecular complexity index is 548. The van der Waals surface area contributed by atoms with E-state index in [2.05, 4.69) is 10.3 Å². The molecule has 0 bridgehead atoms. The molecule has 7 heteroatoms. The molecule has 0 unspecified atom stereocenters. The van der Waals surface area contributed by atoms with Crippen LogP contribution in [-0.4, -0.2) is 48.6 Å². The zero-order valence-corrected chi connectivity index (χ0v) is 12.8. The number of rotatable bonds is 4. The molecular formula is C14H21N5O2. The first-order valence-corrected chi connectivity index (χ1v) is 6.99. The molecule has 1 aliphatic rings. The van der Waals surface area contributed by atoms with Crippen molar-refractivity contribution in [1.29, 1.82) is 0 Å². The molecule has 7 nitrogen and oxygen atoms in total. The zero-order chi connectivity index (χ0) is 15.6. The fourth-order valence-corrected chi connectivity index (χ4v) is 2.12. The van der Waals surface area contributed by atoms with Gasteiger partial charge in [0.15, 0.2) is 5.82 Å². The Morgan fingerprint density at radius 2 is 2.10 bits per heavy atom. The fourth-order valence-electron chi connectivity index (χ4n) is 2.12. The minimum Gasteiger partial charge on any atom is -0.352 e. The maximum Gasteiger partial charge on any atom is 0.343 e. The van der Waals surface area contributed by atoms with Crippen LogP contribution in [-0.2, 0) is 4.79 Å². The Morgan fingerprint density at radius 3 is 2.76 bits per heavy atom. The lowest BCUT2D eigenvalue weighted by molar-refractivity contribution is -0.120. The average molecular weight is 291 g/mol. The molecule has 2 heterocycles. The van der Waals surface area contributed by atoms with E-state index >= 15 is 0 Å². The summed E-state index contributed by atoms with van der Waals surface area (Å²) in [6.07, 6.45) is 2.51. The highest BCUT2D eigenvalue weighted by molar-refractivity contribution is 6.02. The number of nitrogens with one attached hydrogen (secondary N) is 1. The standard InChI is InChI=1S/C14H21N5O2/c1-5-10(2)16-12(20)9-19-11-7-6-8-15-13(11)17(3)18(4)14(19)21/h6-8,10H,5,9H2,1-4H3,(H,16,20)/t10-/m1/s1. The number of hydrogen-bond acceptors (Lipinski definition) is 4. The van der Waals surface area contributed by atoms with Crippen molar-refractivity contribution in [3.05, 3.63) is 18.3 Å². The highest BCUT2D eigenvalue weighted by Gasteiger charge is 2.33. The van der Waals surface area contributed by atoms with Gasteiger partial charge < -0.3 is 5.32 Å². The molecule has 0 spiro atoms. The summed E-state index contributed by atoms with van der Waals surface area (Å²) in [6.45, 7) is 3.92. The van der Waals surface area contributed by atoms with E-state index in [1.165, 1.54) is 9.91 Å². The molecule has 1 aromatic heterocycles. The highest BCUT2D eigenvalue weighted by atomic mass is 16.2. The topological polar surface area (TPSA) is 68.8 Å². The zero-order valence-electron chi connectivity index (χ0n) is 12.8. The van der Waals surface area contributed by atoms with Crippen LogP contribution in [0.15, 0.2) is 18.3 Å². The summed E-state index contributed by atoms with van der Waals surface area (Å²) in [4.78, 5) is 30.2. The SMILES string of the molecule is CC[C@@H](C)NC(=O)CN1C(=O)N(C)N(C)c2ncccc21. The van der Waals surface area contributed by atoms with Crippen molar-refractivity contribution in [2.75, 3.05) is 30.5 Å². The van der Waals surface area contributed by atoms with Crippen molar-refractivity contribution in [2.45, 2.75) is 26.3 Å². The van der Waals surface area contributed by atoms with E-state index in [1.807, 2.05) is 13.8 Å². The quantitative estimate of drug-likeness (QED) is 0.905. The Kier molecular flexibility index (Phi) is 4.30. The smallest absolute Gasteiger partial charge is 0.343 e. The van der Waals surface area contributed by atoms with Crippen LogP contribution in [0.4, 0.5) is 16.3 Å². The summed E-state index contributed by atoms with van der Waals surface area (Å²) in [5.41, 5.74) is 0.641. The number of urea groups is 1. The second-order valence-corrected chi connectivity index (χ2v) is 5.14. The van der Waals surface area contributed by atoms with Gasteiger partial charge in [0.25, 0.3) is 0 Å². The van der Waals surface area contributed by atoms with Crippen LogP contribution < -0.4 is 15.2 Å². The first-order chi connectivity index (χ1) is 9.95. The number of carbonyl (C=O) groups is 2. The molecule has 0 saturated heterocycles. The van der Waals surface area contributed by atoms with E-state index in [0.29, 0.717) is 11.5 Å². The van der Waals surface area contributed by atoms with Crippen LogP contribution in [0.25, 0.3) is 0 Å². The lowest BCUT2D eigenvalue weighted by Gasteiger charge is -2.40. The molecule has 1 aliphatic heterocycles. The molecule has 2 rings (SSSR count). The van der Waals surface area contributed by atoms with Gasteiger partial charge in [-0.3, -0.25) is 14.7 Å². The first kappa shape index (κ1) is 15.1. The molecule has 1 atom stereocenters. The van der Waals surface area contributed by atoms with Crippen LogP contribution in [0, 0.1) is 0 Å². The van der Waals surface area contributed by atoms with Crippen LogP contribution in [0.5, 0.6) is 0 Å². The van der Waals surface area contributed by atoms with Gasteiger partial charge in [-0.05, 0) is 25.5 Å². The Hall–Kier alpha value is -2.31. The number of anilines is 2. The van der Waals surface area contributed by atoms with E-state index in [1.54, 1.807) is 37.4 Å². The second-order valence-electron chi connectivity index (χ2n) is 5.14. The van der Waals surface area contributed by atoms with E-state index < -0.39 is 0 Å². The van der Waals surface area contributed by atoms with Crippen LogP contribution >= 0.6 is 0 Å². The van der Waals surface area contributed by atoms with Gasteiger partial charge in [-0.1, -0.05) is 6.92 Å². The Labute approximate surface area is 124 Å². The summed E-state index contributed by atoms with van der Waals surface area (Å²) in [5.74, 6) is 0.474. The largest absolute Gasteiger partial charge is 0.352 e. The number of fused-ring (bicyclic) bond motifs is 1. The number of aromatic nitrogens is 1. The molecule has 0 saturated carbocycles. The third-order valence-electron chi connectivity index (χ3n) is 3.64.